The maximum absolute atomic E-state index is 12.2. The van der Waals surface area contributed by atoms with E-state index in [2.05, 4.69) is 10.3 Å². The van der Waals surface area contributed by atoms with Crippen LogP contribution in [0.5, 0.6) is 11.5 Å². The van der Waals surface area contributed by atoms with E-state index in [9.17, 15) is 9.90 Å². The van der Waals surface area contributed by atoms with Crippen molar-refractivity contribution in [3.63, 3.8) is 0 Å². The number of nitrogens with one attached hydrogen (secondary N) is 1. The Hall–Kier alpha value is -4.30. The second-order valence-corrected chi connectivity index (χ2v) is 8.46. The summed E-state index contributed by atoms with van der Waals surface area (Å²) >= 11 is 1.07. The van der Waals surface area contributed by atoms with Crippen molar-refractivity contribution in [1.29, 1.82) is 0 Å². The molecule has 3 aromatic carbocycles. The number of nitrogens with zero attached hydrogens (tertiary/aromatic N) is 3. The number of rotatable bonds is 5. The molecule has 0 spiro atoms. The van der Waals surface area contributed by atoms with Crippen LogP contribution in [-0.4, -0.2) is 33.1 Å². The Kier molecular flexibility index (Phi) is 5.88. The van der Waals surface area contributed by atoms with Gasteiger partial charge in [-0.2, -0.15) is 5.10 Å². The van der Waals surface area contributed by atoms with Crippen LogP contribution in [0.3, 0.4) is 0 Å². The zero-order valence-corrected chi connectivity index (χ0v) is 19.0. The standard InChI is InChI=1S/C26H20N4O3S/c1-33-22-12-10-17(11-13-22)24-18(16-30(29-24)20-7-3-2-4-8-20)14-23-25(28-26(32)34-23)27-19-6-5-9-21(31)15-19/h2-16,31H,1H3,(H,27,28,32)/b23-14-. The molecule has 0 aliphatic carbocycles. The number of thioether (sulfide) groups is 1. The maximum atomic E-state index is 12.2. The van der Waals surface area contributed by atoms with Crippen LogP contribution < -0.4 is 10.1 Å². The lowest BCUT2D eigenvalue weighted by Crippen LogP contribution is -2.18. The molecular weight excluding hydrogens is 448 g/mol. The predicted octanol–water partition coefficient (Wildman–Crippen LogP) is 5.78. The van der Waals surface area contributed by atoms with Gasteiger partial charge in [-0.25, -0.2) is 9.67 Å². The Labute approximate surface area is 200 Å². The highest BCUT2D eigenvalue weighted by atomic mass is 32.2. The third kappa shape index (κ3) is 4.57. The fourth-order valence-corrected chi connectivity index (χ4v) is 4.25. The molecule has 0 radical (unpaired) electrons. The Morgan fingerprint density at radius 2 is 1.85 bits per heavy atom. The minimum absolute atomic E-state index is 0.107. The SMILES string of the molecule is COc1ccc(-c2nn(-c3ccccc3)cc2/C=C2\SC(=O)NC2=Nc2cccc(O)c2)cc1. The van der Waals surface area contributed by atoms with Crippen molar-refractivity contribution in [2.45, 2.75) is 0 Å². The number of hydrogen-bond acceptors (Lipinski definition) is 6. The van der Waals surface area contributed by atoms with Gasteiger partial charge < -0.3 is 15.2 Å². The van der Waals surface area contributed by atoms with Gasteiger partial charge in [0.2, 0.25) is 0 Å². The summed E-state index contributed by atoms with van der Waals surface area (Å²) < 4.78 is 7.10. The van der Waals surface area contributed by atoms with Crippen LogP contribution in [0.4, 0.5) is 10.5 Å². The summed E-state index contributed by atoms with van der Waals surface area (Å²) in [6.07, 6.45) is 3.83. The summed E-state index contributed by atoms with van der Waals surface area (Å²) in [6.45, 7) is 0. The van der Waals surface area contributed by atoms with Gasteiger partial charge >= 0.3 is 0 Å². The molecule has 1 aliphatic heterocycles. The number of hydrogen-bond donors (Lipinski definition) is 2. The third-order valence-corrected chi connectivity index (χ3v) is 5.96. The first-order valence-corrected chi connectivity index (χ1v) is 11.3. The van der Waals surface area contributed by atoms with E-state index in [1.54, 1.807) is 25.3 Å². The van der Waals surface area contributed by atoms with Gasteiger partial charge in [0.05, 0.1) is 29.1 Å². The van der Waals surface area contributed by atoms with Gasteiger partial charge in [0, 0.05) is 23.4 Å². The lowest BCUT2D eigenvalue weighted by atomic mass is 10.1. The second-order valence-electron chi connectivity index (χ2n) is 7.45. The Morgan fingerprint density at radius 3 is 2.59 bits per heavy atom. The van der Waals surface area contributed by atoms with E-state index in [-0.39, 0.29) is 11.0 Å². The van der Waals surface area contributed by atoms with Gasteiger partial charge in [-0.1, -0.05) is 24.3 Å². The Morgan fingerprint density at radius 1 is 1.06 bits per heavy atom. The zero-order chi connectivity index (χ0) is 23.5. The van der Waals surface area contributed by atoms with E-state index in [0.717, 1.165) is 40.0 Å². The molecule has 0 atom stereocenters. The molecule has 7 nitrogen and oxygen atoms in total. The van der Waals surface area contributed by atoms with Crippen LogP contribution in [0.25, 0.3) is 23.0 Å². The average Bonchev–Trinajstić information content (AvgIpc) is 3.43. The highest BCUT2D eigenvalue weighted by molar-refractivity contribution is 8.18. The highest BCUT2D eigenvalue weighted by Gasteiger charge is 2.25. The first kappa shape index (κ1) is 21.5. The Bertz CT molecular complexity index is 1410. The van der Waals surface area contributed by atoms with E-state index >= 15 is 0 Å². The number of aromatic nitrogens is 2. The van der Waals surface area contributed by atoms with Gasteiger partial charge in [0.15, 0.2) is 0 Å². The topological polar surface area (TPSA) is 88.7 Å². The summed E-state index contributed by atoms with van der Waals surface area (Å²) in [6, 6.07) is 24.1. The number of aromatic hydroxyl groups is 1. The molecule has 1 aromatic heterocycles. The summed E-state index contributed by atoms with van der Waals surface area (Å²) in [7, 11) is 1.63. The quantitative estimate of drug-likeness (QED) is 0.388. The van der Waals surface area contributed by atoms with Crippen LogP contribution in [0.15, 0.2) is 95.0 Å². The number of phenolic OH excluding ortho intramolecular Hbond substituents is 1. The first-order chi connectivity index (χ1) is 16.6. The summed E-state index contributed by atoms with van der Waals surface area (Å²) in [5, 5.41) is 17.2. The lowest BCUT2D eigenvalue weighted by molar-refractivity contribution is 0.265. The van der Waals surface area contributed by atoms with Crippen LogP contribution in [-0.2, 0) is 0 Å². The molecule has 0 bridgehead atoms. The molecule has 0 saturated carbocycles. The van der Waals surface area contributed by atoms with Crippen molar-refractivity contribution in [3.05, 3.63) is 95.5 Å². The van der Waals surface area contributed by atoms with Crippen molar-refractivity contribution in [2.24, 2.45) is 4.99 Å². The van der Waals surface area contributed by atoms with Crippen molar-refractivity contribution in [2.75, 3.05) is 7.11 Å². The monoisotopic (exact) mass is 468 g/mol. The van der Waals surface area contributed by atoms with Crippen molar-refractivity contribution in [1.82, 2.24) is 15.1 Å². The van der Waals surface area contributed by atoms with E-state index in [1.165, 1.54) is 6.07 Å². The Balaban J connectivity index is 1.61. The van der Waals surface area contributed by atoms with Crippen LogP contribution in [0.2, 0.25) is 0 Å². The fourth-order valence-electron chi connectivity index (χ4n) is 3.52. The number of ether oxygens (including phenoxy) is 1. The smallest absolute Gasteiger partial charge is 0.289 e. The van der Waals surface area contributed by atoms with E-state index < -0.39 is 0 Å². The molecule has 1 fully saturated rings. The average molecular weight is 469 g/mol. The number of carbonyl (C=O) groups is 1. The molecule has 8 heteroatoms. The van der Waals surface area contributed by atoms with E-state index in [1.807, 2.05) is 71.6 Å². The van der Waals surface area contributed by atoms with Gasteiger partial charge in [-0.05, 0) is 66.4 Å². The van der Waals surface area contributed by atoms with Gasteiger partial charge in [0.1, 0.15) is 17.3 Å². The van der Waals surface area contributed by atoms with Crippen molar-refractivity contribution < 1.29 is 14.6 Å². The molecule has 5 rings (SSSR count). The highest BCUT2D eigenvalue weighted by Crippen LogP contribution is 2.33. The van der Waals surface area contributed by atoms with Crippen LogP contribution in [0.1, 0.15) is 5.56 Å². The number of benzene rings is 3. The molecule has 2 N–H and O–H groups in total. The molecule has 0 unspecified atom stereocenters. The molecule has 1 amide bonds. The number of aliphatic imine (C=N–C) groups is 1. The minimum Gasteiger partial charge on any atom is -0.508 e. The first-order valence-electron chi connectivity index (χ1n) is 10.5. The van der Waals surface area contributed by atoms with Gasteiger partial charge in [-0.3, -0.25) is 4.79 Å². The molecule has 168 valence electrons. The van der Waals surface area contributed by atoms with Gasteiger partial charge in [-0.15, -0.1) is 0 Å². The second kappa shape index (κ2) is 9.29. The van der Waals surface area contributed by atoms with Crippen LogP contribution in [0, 0.1) is 0 Å². The molecule has 34 heavy (non-hydrogen) atoms. The number of para-hydroxylation sites is 1. The maximum Gasteiger partial charge on any atom is 0.289 e. The lowest BCUT2D eigenvalue weighted by Gasteiger charge is -2.03. The largest absolute Gasteiger partial charge is 0.508 e. The third-order valence-electron chi connectivity index (χ3n) is 5.14. The summed E-state index contributed by atoms with van der Waals surface area (Å²) in [4.78, 5) is 17.4. The van der Waals surface area contributed by atoms with E-state index in [0.29, 0.717) is 16.4 Å². The molecule has 1 saturated heterocycles. The van der Waals surface area contributed by atoms with Gasteiger partial charge in [0.25, 0.3) is 5.24 Å². The van der Waals surface area contributed by atoms with Crippen molar-refractivity contribution in [3.8, 4) is 28.4 Å². The predicted molar refractivity (Wildman–Crippen MR) is 135 cm³/mol. The molecule has 2 heterocycles. The number of amidine groups is 1. The van der Waals surface area contributed by atoms with Crippen LogP contribution >= 0.6 is 11.8 Å². The normalized spacial score (nSPS) is 15.6. The van der Waals surface area contributed by atoms with E-state index in [4.69, 9.17) is 9.84 Å². The fraction of sp³-hybridized carbons (Fsp3) is 0.0385. The zero-order valence-electron chi connectivity index (χ0n) is 18.2. The molecule has 1 aliphatic rings. The summed E-state index contributed by atoms with van der Waals surface area (Å²) in [5.41, 5.74) is 3.96. The molecular formula is C26H20N4O3S. The minimum atomic E-state index is -0.216. The van der Waals surface area contributed by atoms with Crippen molar-refractivity contribution >= 4 is 34.6 Å². The number of carbonyl (C=O) groups excluding carboxylic acids is 1. The number of phenols is 1. The number of methoxy groups -OCH3 is 1. The summed E-state index contributed by atoms with van der Waals surface area (Å²) in [5.74, 6) is 1.29. The molecule has 4 aromatic rings. The number of amides is 1.